The summed E-state index contributed by atoms with van der Waals surface area (Å²) in [5.74, 6) is -1.20. The summed E-state index contributed by atoms with van der Waals surface area (Å²) in [4.78, 5) is 26.1. The van der Waals surface area contributed by atoms with Gasteiger partial charge >= 0.3 is 0 Å². The van der Waals surface area contributed by atoms with Crippen molar-refractivity contribution >= 4 is 24.0 Å². The fourth-order valence-corrected chi connectivity index (χ4v) is 3.24. The Kier molecular flexibility index (Phi) is 8.31. The fraction of sp³-hybridized carbons (Fsp3) is 0.304. The second-order valence-corrected chi connectivity index (χ2v) is 7.32. The Morgan fingerprint density at radius 3 is 2.16 bits per heavy atom. The van der Waals surface area contributed by atoms with Crippen LogP contribution < -0.4 is 16.5 Å². The van der Waals surface area contributed by atoms with Gasteiger partial charge in [0, 0.05) is 31.7 Å². The molecule has 0 aliphatic carbocycles. The number of amides is 2. The van der Waals surface area contributed by atoms with Gasteiger partial charge in [0.05, 0.1) is 13.2 Å². The molecule has 31 heavy (non-hydrogen) atoms. The molecule has 5 N–H and O–H groups in total. The largest absolute Gasteiger partial charge is 0.379 e. The molecule has 2 aromatic rings. The molecule has 3 rings (SSSR count). The van der Waals surface area contributed by atoms with Crippen LogP contribution in [-0.2, 0) is 16.1 Å². The zero-order valence-electron chi connectivity index (χ0n) is 17.3. The van der Waals surface area contributed by atoms with E-state index in [2.05, 4.69) is 34.5 Å². The predicted octanol–water partition coefficient (Wildman–Crippen LogP) is 1.25. The minimum absolute atomic E-state index is 0.121. The van der Waals surface area contributed by atoms with Crippen LogP contribution in [0.1, 0.15) is 27.0 Å². The molecule has 8 heteroatoms. The van der Waals surface area contributed by atoms with Gasteiger partial charge in [-0.2, -0.15) is 0 Å². The summed E-state index contributed by atoms with van der Waals surface area (Å²) in [6.07, 6.45) is 3.99. The summed E-state index contributed by atoms with van der Waals surface area (Å²) >= 11 is 0. The van der Waals surface area contributed by atoms with Crippen LogP contribution in [0.5, 0.6) is 0 Å². The van der Waals surface area contributed by atoms with Gasteiger partial charge in [-0.25, -0.2) is 5.48 Å². The fourth-order valence-electron chi connectivity index (χ4n) is 3.24. The molecule has 8 nitrogen and oxygen atoms in total. The molecule has 0 unspecified atom stereocenters. The van der Waals surface area contributed by atoms with Crippen molar-refractivity contribution in [2.45, 2.75) is 12.6 Å². The van der Waals surface area contributed by atoms with Gasteiger partial charge in [0.2, 0.25) is 0 Å². The molecule has 1 heterocycles. The van der Waals surface area contributed by atoms with Crippen LogP contribution in [-0.4, -0.2) is 60.8 Å². The van der Waals surface area contributed by atoms with Crippen LogP contribution in [0, 0.1) is 0 Å². The van der Waals surface area contributed by atoms with Crippen molar-refractivity contribution in [2.24, 2.45) is 5.73 Å². The van der Waals surface area contributed by atoms with Gasteiger partial charge in [0.1, 0.15) is 6.04 Å². The maximum Gasteiger partial charge on any atom is 0.267 e. The number of hydrogen-bond acceptors (Lipinski definition) is 6. The van der Waals surface area contributed by atoms with Crippen molar-refractivity contribution < 1.29 is 19.5 Å². The number of nitrogens with one attached hydrogen (secondary N) is 2. The molecule has 0 spiro atoms. The molecule has 1 fully saturated rings. The lowest BCUT2D eigenvalue weighted by Crippen LogP contribution is -2.50. The van der Waals surface area contributed by atoms with Gasteiger partial charge in [0.15, 0.2) is 0 Å². The van der Waals surface area contributed by atoms with Gasteiger partial charge in [-0.3, -0.25) is 19.7 Å². The highest BCUT2D eigenvalue weighted by Crippen LogP contribution is 2.13. The maximum atomic E-state index is 12.2. The molecule has 0 aromatic heterocycles. The quantitative estimate of drug-likeness (QED) is 0.288. The Bertz CT molecular complexity index is 891. The number of ether oxygens (including phenoxy) is 1. The summed E-state index contributed by atoms with van der Waals surface area (Å²) < 4.78 is 5.38. The van der Waals surface area contributed by atoms with Crippen LogP contribution in [0.4, 0.5) is 0 Å². The molecule has 0 bridgehead atoms. The van der Waals surface area contributed by atoms with Gasteiger partial charge < -0.3 is 15.8 Å². The number of carbonyl (C=O) groups excluding carboxylic acids is 2. The molecule has 1 atom stereocenters. The van der Waals surface area contributed by atoms with Crippen LogP contribution in [0.15, 0.2) is 48.5 Å². The zero-order chi connectivity index (χ0) is 22.1. The number of nitrogens with two attached hydrogens (primary N) is 1. The van der Waals surface area contributed by atoms with Crippen molar-refractivity contribution in [2.75, 3.05) is 32.8 Å². The van der Waals surface area contributed by atoms with E-state index in [0.717, 1.165) is 44.0 Å². The number of nitrogens with zero attached hydrogens (tertiary/aromatic N) is 1. The van der Waals surface area contributed by atoms with Crippen molar-refractivity contribution in [1.29, 1.82) is 0 Å². The number of hydroxylamine groups is 1. The first-order valence-electron chi connectivity index (χ1n) is 10.2. The summed E-state index contributed by atoms with van der Waals surface area (Å²) in [6.45, 7) is 4.35. The lowest BCUT2D eigenvalue weighted by Gasteiger charge is -2.26. The number of morpholine rings is 1. The lowest BCUT2D eigenvalue weighted by atomic mass is 10.1. The smallest absolute Gasteiger partial charge is 0.267 e. The van der Waals surface area contributed by atoms with E-state index >= 15 is 0 Å². The first-order chi connectivity index (χ1) is 15.1. The predicted molar refractivity (Wildman–Crippen MR) is 118 cm³/mol. The van der Waals surface area contributed by atoms with Crippen molar-refractivity contribution in [1.82, 2.24) is 15.7 Å². The number of hydrogen-bond donors (Lipinski definition) is 4. The second-order valence-electron chi connectivity index (χ2n) is 7.32. The van der Waals surface area contributed by atoms with Crippen molar-refractivity contribution in [3.63, 3.8) is 0 Å². The Labute approximate surface area is 181 Å². The Hall–Kier alpha value is -3.04. The molecular formula is C23H28N4O4. The minimum atomic E-state index is -0.997. The third-order valence-electron chi connectivity index (χ3n) is 5.10. The first-order valence-corrected chi connectivity index (χ1v) is 10.2. The summed E-state index contributed by atoms with van der Waals surface area (Å²) in [5, 5.41) is 11.2. The van der Waals surface area contributed by atoms with Crippen molar-refractivity contribution in [3.05, 3.63) is 70.8 Å². The average Bonchev–Trinajstić information content (AvgIpc) is 2.82. The average molecular weight is 425 g/mol. The molecule has 0 radical (unpaired) electrons. The van der Waals surface area contributed by atoms with E-state index in [-0.39, 0.29) is 6.54 Å². The zero-order valence-corrected chi connectivity index (χ0v) is 17.3. The van der Waals surface area contributed by atoms with Crippen LogP contribution in [0.25, 0.3) is 12.2 Å². The first kappa shape index (κ1) is 22.6. The molecule has 2 aromatic carbocycles. The van der Waals surface area contributed by atoms with Crippen LogP contribution in [0.3, 0.4) is 0 Å². The molecule has 0 saturated carbocycles. The second kappa shape index (κ2) is 11.4. The third-order valence-corrected chi connectivity index (χ3v) is 5.10. The topological polar surface area (TPSA) is 117 Å². The molecule has 1 aliphatic heterocycles. The monoisotopic (exact) mass is 424 g/mol. The number of rotatable bonds is 8. The van der Waals surface area contributed by atoms with E-state index < -0.39 is 17.9 Å². The SMILES string of the molecule is NC[C@H](NC(=O)c1ccc(/C=C/c2ccc(CN3CCOCC3)cc2)cc1)C(=O)NO. The molecule has 1 aliphatic rings. The van der Waals surface area contributed by atoms with Gasteiger partial charge in [-0.05, 0) is 28.8 Å². The van der Waals surface area contributed by atoms with E-state index in [1.807, 2.05) is 24.3 Å². The van der Waals surface area contributed by atoms with E-state index in [1.54, 1.807) is 12.1 Å². The van der Waals surface area contributed by atoms with Crippen LogP contribution >= 0.6 is 0 Å². The van der Waals surface area contributed by atoms with Gasteiger partial charge in [-0.1, -0.05) is 48.6 Å². The van der Waals surface area contributed by atoms with Crippen LogP contribution in [0.2, 0.25) is 0 Å². The molecule has 1 saturated heterocycles. The van der Waals surface area contributed by atoms with E-state index in [4.69, 9.17) is 15.7 Å². The minimum Gasteiger partial charge on any atom is -0.379 e. The van der Waals surface area contributed by atoms with E-state index in [0.29, 0.717) is 5.56 Å². The summed E-state index contributed by atoms with van der Waals surface area (Å²) in [5.41, 5.74) is 10.6. The molecule has 164 valence electrons. The normalized spacial score (nSPS) is 15.5. The Morgan fingerprint density at radius 1 is 1.03 bits per heavy atom. The highest BCUT2D eigenvalue weighted by molar-refractivity contribution is 5.97. The third kappa shape index (κ3) is 6.73. The van der Waals surface area contributed by atoms with Gasteiger partial charge in [-0.15, -0.1) is 0 Å². The van der Waals surface area contributed by atoms with Crippen molar-refractivity contribution in [3.8, 4) is 0 Å². The summed E-state index contributed by atoms with van der Waals surface area (Å²) in [7, 11) is 0. The Balaban J connectivity index is 1.55. The molecular weight excluding hydrogens is 396 g/mol. The summed E-state index contributed by atoms with van der Waals surface area (Å²) in [6, 6.07) is 14.4. The standard InChI is InChI=1S/C23H28N4O4/c24-15-21(23(29)26-30)25-22(28)20-9-7-18(8-10-20)2-1-17-3-5-19(6-4-17)16-27-11-13-31-14-12-27/h1-10,21,30H,11-16,24H2,(H,25,28)(H,26,29)/b2-1+/t21-/m0/s1. The highest BCUT2D eigenvalue weighted by atomic mass is 16.5. The lowest BCUT2D eigenvalue weighted by molar-refractivity contribution is -0.130. The molecule has 2 amide bonds. The van der Waals surface area contributed by atoms with E-state index in [1.165, 1.54) is 11.0 Å². The van der Waals surface area contributed by atoms with Gasteiger partial charge in [0.25, 0.3) is 11.8 Å². The Morgan fingerprint density at radius 2 is 1.61 bits per heavy atom. The number of benzene rings is 2. The maximum absolute atomic E-state index is 12.2. The highest BCUT2D eigenvalue weighted by Gasteiger charge is 2.19. The number of carbonyl (C=O) groups is 2. The van der Waals surface area contributed by atoms with E-state index in [9.17, 15) is 9.59 Å².